The van der Waals surface area contributed by atoms with Crippen molar-refractivity contribution in [2.75, 3.05) is 19.8 Å². The number of benzene rings is 1. The second-order valence-corrected chi connectivity index (χ2v) is 10.9. The van der Waals surface area contributed by atoms with Crippen molar-refractivity contribution in [1.82, 2.24) is 9.80 Å². The van der Waals surface area contributed by atoms with Gasteiger partial charge in [0.1, 0.15) is 30.5 Å². The molecular weight excluding hydrogens is 570 g/mol. The molecule has 6 fully saturated rings. The van der Waals surface area contributed by atoms with E-state index in [4.69, 9.17) is 28.8 Å². The summed E-state index contributed by atoms with van der Waals surface area (Å²) in [7, 11) is 0. The van der Waals surface area contributed by atoms with Crippen LogP contribution in [0.5, 0.6) is 0 Å². The Bertz CT molecular complexity index is 1070. The second-order valence-electron chi connectivity index (χ2n) is 10.9. The summed E-state index contributed by atoms with van der Waals surface area (Å²) in [6.07, 6.45) is 1.89. The summed E-state index contributed by atoms with van der Waals surface area (Å²) < 4.78 is 26.9. The van der Waals surface area contributed by atoms with Gasteiger partial charge >= 0.3 is 47.7 Å². The van der Waals surface area contributed by atoms with Crippen molar-refractivity contribution in [2.45, 2.75) is 107 Å². The van der Waals surface area contributed by atoms with E-state index in [-0.39, 0.29) is 125 Å². The number of aliphatic hydroxyl groups is 2. The first-order chi connectivity index (χ1) is 19.8. The monoisotopic (exact) mass is 611 g/mol. The van der Waals surface area contributed by atoms with Crippen LogP contribution in [0.3, 0.4) is 0 Å². The van der Waals surface area contributed by atoms with Crippen LogP contribution in [0.25, 0.3) is 0 Å². The maximum absolute atomic E-state index is 12.2. The molecule has 12 nitrogen and oxygen atoms in total. The minimum atomic E-state index is -0.311. The van der Waals surface area contributed by atoms with Gasteiger partial charge < -0.3 is 35.3 Å². The Hall–Kier alpha value is -1.87. The van der Waals surface area contributed by atoms with Gasteiger partial charge in [-0.15, -0.1) is 0 Å². The molecule has 0 aromatic heterocycles. The SMILES string of the molecule is CCO.CCOC(=O)N1C2CC(O)CC1[C@@H]1O[C@H]21.CCOC(=O)N1C2CC(OC(=O)c3ccccc3)CC1[C@@H]1O[C@H]21.[B].[H-].[Na+]. The molecule has 0 aliphatic carbocycles. The van der Waals surface area contributed by atoms with Crippen molar-refractivity contribution in [1.29, 1.82) is 0 Å². The molecule has 3 radical (unpaired) electrons. The van der Waals surface area contributed by atoms with E-state index in [1.54, 1.807) is 42.7 Å². The number of amides is 2. The van der Waals surface area contributed by atoms with Crippen molar-refractivity contribution in [3.63, 3.8) is 0 Å². The number of fused-ring (bicyclic) bond motifs is 10. The van der Waals surface area contributed by atoms with Crippen LogP contribution in [0.4, 0.5) is 9.59 Å². The maximum atomic E-state index is 12.2. The minimum Gasteiger partial charge on any atom is -1.00 e. The molecular formula is C29H41BN2NaO10. The molecule has 43 heavy (non-hydrogen) atoms. The van der Waals surface area contributed by atoms with Crippen LogP contribution >= 0.6 is 0 Å². The number of esters is 1. The number of carbonyl (C=O) groups excluding carboxylic acids is 3. The smallest absolute Gasteiger partial charge is 1.00 e. The summed E-state index contributed by atoms with van der Waals surface area (Å²) in [5.41, 5.74) is 0.550. The molecule has 6 saturated heterocycles. The first-order valence-electron chi connectivity index (χ1n) is 14.6. The standard InChI is InChI=1S/C17H19NO5.C10H15NO4.C2H6O.B.Na.H/c1-2-21-17(20)18-12-8-11(9-13(18)15-14(12)23-15)22-16(19)10-6-4-3-5-7-10;1-2-14-10(13)11-6-3-5(12)4-7(11)9-8(6)15-9;1-2-3;;;/h3-7,11-15H,2,8-9H2,1H3;5-9,12H,2-4H2,1H3;3H,2H2,1H3;;;/q;;;;+1;-1/t11?,12?,13?,14-,15+;5?,6?,7?,8-,9+;;;;. The van der Waals surface area contributed by atoms with Crippen molar-refractivity contribution in [3.05, 3.63) is 35.9 Å². The Morgan fingerprint density at radius 3 is 1.60 bits per heavy atom. The summed E-state index contributed by atoms with van der Waals surface area (Å²) in [5, 5.41) is 17.2. The van der Waals surface area contributed by atoms with Gasteiger partial charge in [-0.05, 0) is 45.7 Å². The van der Waals surface area contributed by atoms with Gasteiger partial charge in [-0.1, -0.05) is 18.2 Å². The molecule has 6 unspecified atom stereocenters. The Labute approximate surface area is 277 Å². The topological polar surface area (TPSA) is 151 Å². The first kappa shape index (κ1) is 35.6. The molecule has 0 spiro atoms. The largest absolute Gasteiger partial charge is 1.00 e. The van der Waals surface area contributed by atoms with Crippen molar-refractivity contribution >= 4 is 26.6 Å². The van der Waals surface area contributed by atoms with E-state index in [1.165, 1.54) is 0 Å². The van der Waals surface area contributed by atoms with Gasteiger partial charge in [0.05, 0.1) is 49.0 Å². The molecule has 1 aromatic rings. The van der Waals surface area contributed by atoms with Crippen molar-refractivity contribution in [3.8, 4) is 0 Å². The third-order valence-electron chi connectivity index (χ3n) is 8.35. The Morgan fingerprint density at radius 1 is 0.814 bits per heavy atom. The number of carbonyl (C=O) groups is 3. The van der Waals surface area contributed by atoms with Gasteiger partial charge in [0.15, 0.2) is 0 Å². The fraction of sp³-hybridized carbons (Fsp3) is 0.690. The van der Waals surface area contributed by atoms with Gasteiger partial charge in [-0.2, -0.15) is 0 Å². The Balaban J connectivity index is 0.000000281. The van der Waals surface area contributed by atoms with Crippen LogP contribution in [-0.2, 0) is 23.7 Å². The zero-order chi connectivity index (χ0) is 29.3. The fourth-order valence-corrected chi connectivity index (χ4v) is 6.74. The molecule has 6 aliphatic heterocycles. The van der Waals surface area contributed by atoms with Crippen LogP contribution in [0, 0.1) is 0 Å². The third kappa shape index (κ3) is 7.51. The van der Waals surface area contributed by atoms with Crippen LogP contribution in [0.2, 0.25) is 0 Å². The molecule has 14 heteroatoms. The van der Waals surface area contributed by atoms with Crippen LogP contribution in [0.15, 0.2) is 30.3 Å². The number of morpholine rings is 2. The number of aliphatic hydroxyl groups excluding tert-OH is 2. The molecule has 10 atom stereocenters. The number of ether oxygens (including phenoxy) is 5. The Kier molecular flexibility index (Phi) is 12.8. The zero-order valence-electron chi connectivity index (χ0n) is 26.2. The quantitative estimate of drug-likeness (QED) is 0.185. The fourth-order valence-electron chi connectivity index (χ4n) is 6.74. The summed E-state index contributed by atoms with van der Waals surface area (Å²) in [6, 6.07) is 8.93. The van der Waals surface area contributed by atoms with Crippen LogP contribution < -0.4 is 29.6 Å². The molecule has 6 heterocycles. The summed E-state index contributed by atoms with van der Waals surface area (Å²) >= 11 is 0. The van der Waals surface area contributed by atoms with Crippen molar-refractivity contribution in [2.24, 2.45) is 0 Å². The number of hydrogen-bond donors (Lipinski definition) is 2. The molecule has 7 rings (SSSR count). The van der Waals surface area contributed by atoms with Gasteiger partial charge in [-0.25, -0.2) is 14.4 Å². The molecule has 231 valence electrons. The number of rotatable bonds is 4. The number of hydrogen-bond acceptors (Lipinski definition) is 10. The van der Waals surface area contributed by atoms with E-state index < -0.39 is 0 Å². The van der Waals surface area contributed by atoms with Gasteiger partial charge in [-0.3, -0.25) is 9.80 Å². The summed E-state index contributed by atoms with van der Waals surface area (Å²) in [5.74, 6) is -0.311. The molecule has 4 bridgehead atoms. The van der Waals surface area contributed by atoms with Gasteiger partial charge in [0, 0.05) is 27.9 Å². The van der Waals surface area contributed by atoms with Crippen LogP contribution in [0.1, 0.15) is 58.2 Å². The van der Waals surface area contributed by atoms with Gasteiger partial charge in [0.2, 0.25) is 0 Å². The maximum Gasteiger partial charge on any atom is 1.00 e. The molecule has 1 aromatic carbocycles. The molecule has 2 N–H and O–H groups in total. The summed E-state index contributed by atoms with van der Waals surface area (Å²) in [4.78, 5) is 39.6. The average molecular weight is 611 g/mol. The van der Waals surface area contributed by atoms with E-state index in [0.29, 0.717) is 44.5 Å². The van der Waals surface area contributed by atoms with E-state index >= 15 is 0 Å². The minimum absolute atomic E-state index is 0. The zero-order valence-corrected chi connectivity index (χ0v) is 27.2. The van der Waals surface area contributed by atoms with E-state index in [2.05, 4.69) is 0 Å². The Morgan fingerprint density at radius 2 is 1.21 bits per heavy atom. The normalized spacial score (nSPS) is 34.6. The predicted octanol–water partition coefficient (Wildman–Crippen LogP) is -1.17. The van der Waals surface area contributed by atoms with E-state index in [0.717, 1.165) is 0 Å². The first-order valence-corrected chi connectivity index (χ1v) is 14.6. The van der Waals surface area contributed by atoms with Gasteiger partial charge in [0.25, 0.3) is 0 Å². The molecule has 6 aliphatic rings. The number of piperidine rings is 2. The second kappa shape index (κ2) is 15.4. The van der Waals surface area contributed by atoms with Crippen molar-refractivity contribution < 1.29 is 79.3 Å². The number of nitrogens with zero attached hydrogens (tertiary/aromatic N) is 2. The number of epoxide rings is 2. The van der Waals surface area contributed by atoms with E-state index in [1.807, 2.05) is 18.2 Å². The molecule has 2 amide bonds. The molecule has 0 saturated carbocycles. The van der Waals surface area contributed by atoms with Crippen LogP contribution in [-0.4, -0.2) is 127 Å². The predicted molar refractivity (Wildman–Crippen MR) is 150 cm³/mol. The summed E-state index contributed by atoms with van der Waals surface area (Å²) in [6.45, 7) is 6.28. The van der Waals surface area contributed by atoms with E-state index in [9.17, 15) is 19.5 Å². The average Bonchev–Trinajstić information content (AvgIpc) is 3.86. The third-order valence-corrected chi connectivity index (χ3v) is 8.35.